The molecule has 17 heavy (non-hydrogen) atoms. The number of nitrogens with zero attached hydrogens (tertiary/aromatic N) is 1. The Kier molecular flexibility index (Phi) is 4.30. The third-order valence-corrected chi connectivity index (χ3v) is 3.61. The minimum Gasteiger partial charge on any atom is -0.371 e. The summed E-state index contributed by atoms with van der Waals surface area (Å²) in [7, 11) is 0. The quantitative estimate of drug-likeness (QED) is 0.835. The molecule has 1 aromatic carbocycles. The predicted octanol–water partition coefficient (Wildman–Crippen LogP) is 3.44. The second-order valence-corrected chi connectivity index (χ2v) is 4.98. The average Bonchev–Trinajstić information content (AvgIpc) is 3.14. The molecule has 0 aromatic heterocycles. The molecule has 0 saturated heterocycles. The van der Waals surface area contributed by atoms with Crippen LogP contribution in [-0.2, 0) is 6.54 Å². The lowest BCUT2D eigenvalue weighted by atomic mass is 10.1. The summed E-state index contributed by atoms with van der Waals surface area (Å²) in [6, 6.07) is 6.93. The van der Waals surface area contributed by atoms with E-state index < -0.39 is 0 Å². The van der Waals surface area contributed by atoms with Crippen LogP contribution in [0.1, 0.15) is 32.3 Å². The van der Waals surface area contributed by atoms with E-state index in [1.165, 1.54) is 24.1 Å². The maximum atomic E-state index is 6.34. The molecule has 0 atom stereocenters. The lowest BCUT2D eigenvalue weighted by molar-refractivity contribution is 0.684. The van der Waals surface area contributed by atoms with Gasteiger partial charge in [0.25, 0.3) is 0 Å². The van der Waals surface area contributed by atoms with Gasteiger partial charge in [0.05, 0.1) is 10.7 Å². The van der Waals surface area contributed by atoms with Gasteiger partial charge in [-0.05, 0) is 38.3 Å². The van der Waals surface area contributed by atoms with Gasteiger partial charge < -0.3 is 10.2 Å². The minimum atomic E-state index is 0.735. The molecule has 2 nitrogen and oxygen atoms in total. The zero-order valence-electron chi connectivity index (χ0n) is 10.7. The van der Waals surface area contributed by atoms with Crippen molar-refractivity contribution in [3.05, 3.63) is 28.8 Å². The van der Waals surface area contributed by atoms with Gasteiger partial charge in [-0.25, -0.2) is 0 Å². The van der Waals surface area contributed by atoms with Crippen LogP contribution in [0.5, 0.6) is 0 Å². The average molecular weight is 253 g/mol. The predicted molar refractivity (Wildman–Crippen MR) is 74.9 cm³/mol. The van der Waals surface area contributed by atoms with Crippen LogP contribution in [0.2, 0.25) is 5.02 Å². The summed E-state index contributed by atoms with van der Waals surface area (Å²) in [5.41, 5.74) is 2.51. The Bertz CT molecular complexity index is 370. The standard InChI is InChI=1S/C14H21ClN2/c1-3-17(4-2)14-11(6-5-7-13(14)15)10-16-12-8-9-12/h5-7,12,16H,3-4,8-10H2,1-2H3. The second kappa shape index (κ2) is 5.74. The molecule has 1 aliphatic carbocycles. The highest BCUT2D eigenvalue weighted by atomic mass is 35.5. The highest BCUT2D eigenvalue weighted by molar-refractivity contribution is 6.33. The van der Waals surface area contributed by atoms with Crippen molar-refractivity contribution in [2.24, 2.45) is 0 Å². The normalized spacial score (nSPS) is 15.0. The monoisotopic (exact) mass is 252 g/mol. The van der Waals surface area contributed by atoms with E-state index >= 15 is 0 Å². The molecule has 1 aromatic rings. The van der Waals surface area contributed by atoms with Crippen LogP contribution in [0.15, 0.2) is 18.2 Å². The molecule has 0 bridgehead atoms. The van der Waals surface area contributed by atoms with Crippen molar-refractivity contribution in [3.8, 4) is 0 Å². The summed E-state index contributed by atoms with van der Waals surface area (Å²) in [5.74, 6) is 0. The molecule has 0 spiro atoms. The van der Waals surface area contributed by atoms with Crippen LogP contribution >= 0.6 is 11.6 Å². The SMILES string of the molecule is CCN(CC)c1c(Cl)cccc1CNC1CC1. The molecule has 2 rings (SSSR count). The number of anilines is 1. The number of nitrogens with one attached hydrogen (secondary N) is 1. The van der Waals surface area contributed by atoms with Crippen molar-refractivity contribution in [2.75, 3.05) is 18.0 Å². The van der Waals surface area contributed by atoms with E-state index in [-0.39, 0.29) is 0 Å². The van der Waals surface area contributed by atoms with Crippen LogP contribution in [0.3, 0.4) is 0 Å². The fourth-order valence-electron chi connectivity index (χ4n) is 2.14. The molecule has 1 fully saturated rings. The van der Waals surface area contributed by atoms with Gasteiger partial charge in [-0.15, -0.1) is 0 Å². The zero-order valence-corrected chi connectivity index (χ0v) is 11.4. The Morgan fingerprint density at radius 1 is 1.29 bits per heavy atom. The van der Waals surface area contributed by atoms with Crippen molar-refractivity contribution in [2.45, 2.75) is 39.3 Å². The van der Waals surface area contributed by atoms with Crippen molar-refractivity contribution in [1.29, 1.82) is 0 Å². The molecule has 0 unspecified atom stereocenters. The molecule has 1 N–H and O–H groups in total. The van der Waals surface area contributed by atoms with Crippen LogP contribution in [0, 0.1) is 0 Å². The number of hydrogen-bond acceptors (Lipinski definition) is 2. The summed E-state index contributed by atoms with van der Waals surface area (Å²) in [6.07, 6.45) is 2.64. The first-order valence-corrected chi connectivity index (χ1v) is 6.89. The molecule has 0 heterocycles. The van der Waals surface area contributed by atoms with Crippen LogP contribution in [0.4, 0.5) is 5.69 Å². The first-order chi connectivity index (χ1) is 8.26. The molecular formula is C14H21ClN2. The lowest BCUT2D eigenvalue weighted by Gasteiger charge is -2.25. The highest BCUT2D eigenvalue weighted by Gasteiger charge is 2.21. The maximum Gasteiger partial charge on any atom is 0.0642 e. The van der Waals surface area contributed by atoms with Crippen LogP contribution in [0.25, 0.3) is 0 Å². The molecule has 94 valence electrons. The molecule has 0 radical (unpaired) electrons. The summed E-state index contributed by atoms with van der Waals surface area (Å²) >= 11 is 6.34. The van der Waals surface area contributed by atoms with Gasteiger partial charge in [-0.1, -0.05) is 23.7 Å². The lowest BCUT2D eigenvalue weighted by Crippen LogP contribution is -2.25. The molecule has 3 heteroatoms. The van der Waals surface area contributed by atoms with Gasteiger partial charge in [0.2, 0.25) is 0 Å². The van der Waals surface area contributed by atoms with Crippen LogP contribution < -0.4 is 10.2 Å². The first kappa shape index (κ1) is 12.7. The smallest absolute Gasteiger partial charge is 0.0642 e. The Morgan fingerprint density at radius 3 is 2.59 bits per heavy atom. The summed E-state index contributed by atoms with van der Waals surface area (Å²) in [5, 5.41) is 4.42. The van der Waals surface area contributed by atoms with Crippen molar-refractivity contribution >= 4 is 17.3 Å². The van der Waals surface area contributed by atoms with E-state index in [2.05, 4.69) is 30.1 Å². The van der Waals surface area contributed by atoms with Gasteiger partial charge in [-0.2, -0.15) is 0 Å². The third kappa shape index (κ3) is 3.14. The van der Waals surface area contributed by atoms with Gasteiger partial charge in [0, 0.05) is 25.7 Å². The summed E-state index contributed by atoms with van der Waals surface area (Å²) in [4.78, 5) is 2.33. The molecule has 0 aliphatic heterocycles. The van der Waals surface area contributed by atoms with Gasteiger partial charge >= 0.3 is 0 Å². The van der Waals surface area contributed by atoms with Gasteiger partial charge in [0.1, 0.15) is 0 Å². The van der Waals surface area contributed by atoms with E-state index in [4.69, 9.17) is 11.6 Å². The third-order valence-electron chi connectivity index (χ3n) is 3.31. The van der Waals surface area contributed by atoms with Gasteiger partial charge in [-0.3, -0.25) is 0 Å². The van der Waals surface area contributed by atoms with E-state index in [1.807, 2.05) is 12.1 Å². The topological polar surface area (TPSA) is 15.3 Å². The molecule has 0 amide bonds. The van der Waals surface area contributed by atoms with E-state index in [0.29, 0.717) is 0 Å². The minimum absolute atomic E-state index is 0.735. The van der Waals surface area contributed by atoms with E-state index in [9.17, 15) is 0 Å². The Balaban J connectivity index is 2.19. The highest BCUT2D eigenvalue weighted by Crippen LogP contribution is 2.30. The number of benzene rings is 1. The maximum absolute atomic E-state index is 6.34. The van der Waals surface area contributed by atoms with Crippen molar-refractivity contribution in [3.63, 3.8) is 0 Å². The Hall–Kier alpha value is -0.730. The van der Waals surface area contributed by atoms with Gasteiger partial charge in [0.15, 0.2) is 0 Å². The zero-order chi connectivity index (χ0) is 12.3. The first-order valence-electron chi connectivity index (χ1n) is 6.52. The number of hydrogen-bond donors (Lipinski definition) is 1. The Morgan fingerprint density at radius 2 is 2.00 bits per heavy atom. The Labute approximate surface area is 109 Å². The van der Waals surface area contributed by atoms with E-state index in [1.54, 1.807) is 0 Å². The van der Waals surface area contributed by atoms with E-state index in [0.717, 1.165) is 30.7 Å². The second-order valence-electron chi connectivity index (χ2n) is 4.58. The van der Waals surface area contributed by atoms with Crippen molar-refractivity contribution in [1.82, 2.24) is 5.32 Å². The number of halogens is 1. The largest absolute Gasteiger partial charge is 0.371 e. The summed E-state index contributed by atoms with van der Waals surface area (Å²) in [6.45, 7) is 7.26. The summed E-state index contributed by atoms with van der Waals surface area (Å²) < 4.78 is 0. The number of para-hydroxylation sites is 1. The fraction of sp³-hybridized carbons (Fsp3) is 0.571. The number of rotatable bonds is 6. The van der Waals surface area contributed by atoms with Crippen molar-refractivity contribution < 1.29 is 0 Å². The molecule has 1 aliphatic rings. The molecule has 1 saturated carbocycles. The van der Waals surface area contributed by atoms with Crippen LogP contribution in [-0.4, -0.2) is 19.1 Å². The fourth-order valence-corrected chi connectivity index (χ4v) is 2.45. The molecular weight excluding hydrogens is 232 g/mol.